The number of likely N-dealkylation sites (tertiary alicyclic amines) is 1. The molecule has 1 aromatic rings. The van der Waals surface area contributed by atoms with Crippen molar-refractivity contribution >= 4 is 11.6 Å². The van der Waals surface area contributed by atoms with Gasteiger partial charge in [-0.3, -0.25) is 14.5 Å². The molecule has 1 saturated heterocycles. The van der Waals surface area contributed by atoms with Crippen LogP contribution < -0.4 is 10.9 Å². The van der Waals surface area contributed by atoms with Gasteiger partial charge in [0.2, 0.25) is 5.91 Å². The van der Waals surface area contributed by atoms with E-state index in [1.807, 2.05) is 6.92 Å². The summed E-state index contributed by atoms with van der Waals surface area (Å²) >= 11 is 0. The number of hydrogen-bond acceptors (Lipinski definition) is 3. The van der Waals surface area contributed by atoms with E-state index >= 15 is 0 Å². The van der Waals surface area contributed by atoms with Crippen LogP contribution in [-0.2, 0) is 11.3 Å². The van der Waals surface area contributed by atoms with E-state index in [9.17, 15) is 9.59 Å². The Balaban J connectivity index is 1.89. The van der Waals surface area contributed by atoms with Crippen molar-refractivity contribution < 1.29 is 4.79 Å². The minimum absolute atomic E-state index is 0.0131. The molecule has 0 atom stereocenters. The fourth-order valence-corrected chi connectivity index (χ4v) is 2.48. The summed E-state index contributed by atoms with van der Waals surface area (Å²) in [6.45, 7) is 7.17. The SMILES string of the molecule is CCn1cc(NC(=O)CN2CCC(C)CC2)ccc1=O. The molecule has 1 amide bonds. The van der Waals surface area contributed by atoms with E-state index in [0.717, 1.165) is 31.8 Å². The Hall–Kier alpha value is -1.62. The van der Waals surface area contributed by atoms with Crippen molar-refractivity contribution in [3.05, 3.63) is 28.7 Å². The lowest BCUT2D eigenvalue weighted by atomic mass is 9.99. The predicted molar refractivity (Wildman–Crippen MR) is 79.8 cm³/mol. The summed E-state index contributed by atoms with van der Waals surface area (Å²) in [4.78, 5) is 25.7. The fraction of sp³-hybridized carbons (Fsp3) is 0.600. The first kappa shape index (κ1) is 14.8. The van der Waals surface area contributed by atoms with Crippen molar-refractivity contribution in [3.63, 3.8) is 0 Å². The maximum atomic E-state index is 12.0. The summed E-state index contributed by atoms with van der Waals surface area (Å²) in [5, 5.41) is 2.86. The molecule has 2 rings (SSSR count). The standard InChI is InChI=1S/C15H23N3O2/c1-3-18-10-13(4-5-15(18)20)16-14(19)11-17-8-6-12(2)7-9-17/h4-5,10,12H,3,6-9,11H2,1-2H3,(H,16,19). The van der Waals surface area contributed by atoms with Crippen molar-refractivity contribution in [2.75, 3.05) is 25.0 Å². The van der Waals surface area contributed by atoms with Crippen molar-refractivity contribution in [2.45, 2.75) is 33.2 Å². The maximum Gasteiger partial charge on any atom is 0.250 e. The molecular weight excluding hydrogens is 254 g/mol. The monoisotopic (exact) mass is 277 g/mol. The van der Waals surface area contributed by atoms with Crippen molar-refractivity contribution in [1.82, 2.24) is 9.47 Å². The highest BCUT2D eigenvalue weighted by atomic mass is 16.2. The molecule has 0 unspecified atom stereocenters. The molecule has 5 nitrogen and oxygen atoms in total. The van der Waals surface area contributed by atoms with Crippen LogP contribution in [0.5, 0.6) is 0 Å². The van der Waals surface area contributed by atoms with Gasteiger partial charge in [-0.2, -0.15) is 0 Å². The number of pyridine rings is 1. The summed E-state index contributed by atoms with van der Waals surface area (Å²) in [7, 11) is 0. The zero-order chi connectivity index (χ0) is 14.5. The summed E-state index contributed by atoms with van der Waals surface area (Å²) in [5.41, 5.74) is 0.636. The Bertz CT molecular complexity index is 516. The van der Waals surface area contributed by atoms with Gasteiger partial charge in [0, 0.05) is 18.8 Å². The highest BCUT2D eigenvalue weighted by Crippen LogP contribution is 2.15. The molecule has 0 aromatic carbocycles. The number of hydrogen-bond donors (Lipinski definition) is 1. The van der Waals surface area contributed by atoms with Crippen LogP contribution in [0.4, 0.5) is 5.69 Å². The highest BCUT2D eigenvalue weighted by Gasteiger charge is 2.17. The van der Waals surface area contributed by atoms with Crippen LogP contribution in [0.15, 0.2) is 23.1 Å². The molecule has 2 heterocycles. The Kier molecular flexibility index (Phi) is 4.95. The molecule has 0 saturated carbocycles. The third-order valence-electron chi connectivity index (χ3n) is 3.85. The van der Waals surface area contributed by atoms with E-state index in [-0.39, 0.29) is 11.5 Å². The number of nitrogens with one attached hydrogen (secondary N) is 1. The number of nitrogens with zero attached hydrogens (tertiary/aromatic N) is 2. The normalized spacial score (nSPS) is 17.1. The van der Waals surface area contributed by atoms with Gasteiger partial charge in [0.25, 0.3) is 5.56 Å². The topological polar surface area (TPSA) is 54.3 Å². The first-order chi connectivity index (χ1) is 9.58. The van der Waals surface area contributed by atoms with Gasteiger partial charge < -0.3 is 9.88 Å². The van der Waals surface area contributed by atoms with Crippen LogP contribution in [-0.4, -0.2) is 35.0 Å². The maximum absolute atomic E-state index is 12.0. The number of anilines is 1. The predicted octanol–water partition coefficient (Wildman–Crippen LogP) is 1.54. The Labute approximate surface area is 119 Å². The Morgan fingerprint density at radius 3 is 2.70 bits per heavy atom. The molecule has 1 aliphatic rings. The largest absolute Gasteiger partial charge is 0.324 e. The van der Waals surface area contributed by atoms with Gasteiger partial charge in [0.05, 0.1) is 12.2 Å². The number of rotatable bonds is 4. The third-order valence-corrected chi connectivity index (χ3v) is 3.85. The quantitative estimate of drug-likeness (QED) is 0.908. The van der Waals surface area contributed by atoms with Gasteiger partial charge in [0.1, 0.15) is 0 Å². The van der Waals surface area contributed by atoms with Gasteiger partial charge in [-0.15, -0.1) is 0 Å². The molecule has 1 fully saturated rings. The smallest absolute Gasteiger partial charge is 0.250 e. The zero-order valence-corrected chi connectivity index (χ0v) is 12.3. The minimum Gasteiger partial charge on any atom is -0.324 e. The summed E-state index contributed by atoms with van der Waals surface area (Å²) in [6.07, 6.45) is 4.01. The van der Waals surface area contributed by atoms with Crippen LogP contribution in [0, 0.1) is 5.92 Å². The first-order valence-corrected chi connectivity index (χ1v) is 7.31. The summed E-state index contributed by atoms with van der Waals surface area (Å²) in [5.74, 6) is 0.753. The summed E-state index contributed by atoms with van der Waals surface area (Å²) in [6, 6.07) is 3.15. The minimum atomic E-state index is -0.0458. The van der Waals surface area contributed by atoms with E-state index in [1.54, 1.807) is 16.8 Å². The second kappa shape index (κ2) is 6.70. The van der Waals surface area contributed by atoms with Crippen LogP contribution in [0.25, 0.3) is 0 Å². The fourth-order valence-electron chi connectivity index (χ4n) is 2.48. The number of carbonyl (C=O) groups is 1. The van der Waals surface area contributed by atoms with E-state index in [0.29, 0.717) is 18.8 Å². The zero-order valence-electron chi connectivity index (χ0n) is 12.3. The van der Waals surface area contributed by atoms with Crippen molar-refractivity contribution in [1.29, 1.82) is 0 Å². The van der Waals surface area contributed by atoms with Crippen LogP contribution in [0.2, 0.25) is 0 Å². The number of piperidine rings is 1. The molecule has 5 heteroatoms. The van der Waals surface area contributed by atoms with Gasteiger partial charge in [-0.05, 0) is 44.8 Å². The van der Waals surface area contributed by atoms with Gasteiger partial charge in [-0.25, -0.2) is 0 Å². The molecular formula is C15H23N3O2. The van der Waals surface area contributed by atoms with Crippen molar-refractivity contribution in [2.24, 2.45) is 5.92 Å². The lowest BCUT2D eigenvalue weighted by molar-refractivity contribution is -0.117. The molecule has 0 radical (unpaired) electrons. The second-order valence-electron chi connectivity index (χ2n) is 5.55. The lowest BCUT2D eigenvalue weighted by Gasteiger charge is -2.29. The number of amides is 1. The molecule has 0 spiro atoms. The second-order valence-corrected chi connectivity index (χ2v) is 5.55. The molecule has 1 aliphatic heterocycles. The highest BCUT2D eigenvalue weighted by molar-refractivity contribution is 5.92. The van der Waals surface area contributed by atoms with Crippen LogP contribution >= 0.6 is 0 Å². The van der Waals surface area contributed by atoms with Gasteiger partial charge in [-0.1, -0.05) is 6.92 Å². The number of aryl methyl sites for hydroxylation is 1. The van der Waals surface area contributed by atoms with Crippen LogP contribution in [0.3, 0.4) is 0 Å². The van der Waals surface area contributed by atoms with E-state index in [1.165, 1.54) is 6.07 Å². The van der Waals surface area contributed by atoms with E-state index in [2.05, 4.69) is 17.1 Å². The summed E-state index contributed by atoms with van der Waals surface area (Å²) < 4.78 is 1.58. The van der Waals surface area contributed by atoms with E-state index in [4.69, 9.17) is 0 Å². The van der Waals surface area contributed by atoms with Crippen LogP contribution in [0.1, 0.15) is 26.7 Å². The number of carbonyl (C=O) groups excluding carboxylic acids is 1. The van der Waals surface area contributed by atoms with Gasteiger partial charge >= 0.3 is 0 Å². The third kappa shape index (κ3) is 3.93. The average molecular weight is 277 g/mol. The Morgan fingerprint density at radius 2 is 2.05 bits per heavy atom. The first-order valence-electron chi connectivity index (χ1n) is 7.31. The lowest BCUT2D eigenvalue weighted by Crippen LogP contribution is -2.38. The number of aromatic nitrogens is 1. The van der Waals surface area contributed by atoms with E-state index < -0.39 is 0 Å². The molecule has 0 aliphatic carbocycles. The molecule has 1 aromatic heterocycles. The van der Waals surface area contributed by atoms with Crippen molar-refractivity contribution in [3.8, 4) is 0 Å². The van der Waals surface area contributed by atoms with Gasteiger partial charge in [0.15, 0.2) is 0 Å². The molecule has 110 valence electrons. The molecule has 20 heavy (non-hydrogen) atoms. The Morgan fingerprint density at radius 1 is 1.35 bits per heavy atom. The molecule has 1 N–H and O–H groups in total. The molecule has 0 bridgehead atoms. The average Bonchev–Trinajstić information content (AvgIpc) is 2.43.